The molecule has 0 saturated carbocycles. The Bertz CT molecular complexity index is 1900. The van der Waals surface area contributed by atoms with Crippen LogP contribution in [-0.2, 0) is 11.3 Å². The Morgan fingerprint density at radius 3 is 2.07 bits per heavy atom. The number of hydrazone groups is 1. The van der Waals surface area contributed by atoms with E-state index in [0.29, 0.717) is 32.7 Å². The Morgan fingerprint density at radius 1 is 0.829 bits per heavy atom. The SMILES string of the molecule is CCn1c(=C2C(=O)N(c3ccccc3)N=C2C)sc(=C/C=C2/SC(c3ccccc3)=C(c3ccccc3)N2C)c1=O. The summed E-state index contributed by atoms with van der Waals surface area (Å²) < 4.78 is 2.88. The van der Waals surface area contributed by atoms with Gasteiger partial charge >= 0.3 is 0 Å². The number of rotatable bonds is 5. The molecule has 4 aromatic rings. The van der Waals surface area contributed by atoms with E-state index in [4.69, 9.17) is 0 Å². The van der Waals surface area contributed by atoms with Gasteiger partial charge in [-0.15, -0.1) is 11.3 Å². The maximum absolute atomic E-state index is 13.5. The summed E-state index contributed by atoms with van der Waals surface area (Å²) in [5, 5.41) is 6.94. The van der Waals surface area contributed by atoms with Gasteiger partial charge in [-0.25, -0.2) is 0 Å². The van der Waals surface area contributed by atoms with Gasteiger partial charge in [0, 0.05) is 18.5 Å². The van der Waals surface area contributed by atoms with Crippen molar-refractivity contribution in [3.63, 3.8) is 0 Å². The van der Waals surface area contributed by atoms with Crippen LogP contribution in [0, 0.1) is 0 Å². The molecule has 204 valence electrons. The predicted octanol–water partition coefficient (Wildman–Crippen LogP) is 5.33. The van der Waals surface area contributed by atoms with Crippen LogP contribution < -0.4 is 19.8 Å². The van der Waals surface area contributed by atoms with E-state index in [1.54, 1.807) is 16.3 Å². The molecule has 0 radical (unpaired) electrons. The summed E-state index contributed by atoms with van der Waals surface area (Å²) in [6.45, 7) is 4.19. The van der Waals surface area contributed by atoms with Gasteiger partial charge < -0.3 is 4.90 Å². The van der Waals surface area contributed by atoms with Crippen molar-refractivity contribution in [1.82, 2.24) is 9.47 Å². The van der Waals surface area contributed by atoms with E-state index in [0.717, 1.165) is 26.8 Å². The summed E-state index contributed by atoms with van der Waals surface area (Å²) in [4.78, 5) is 30.3. The van der Waals surface area contributed by atoms with Crippen LogP contribution in [0.3, 0.4) is 0 Å². The molecule has 3 heterocycles. The van der Waals surface area contributed by atoms with Crippen molar-refractivity contribution in [2.75, 3.05) is 12.1 Å². The number of amides is 1. The fourth-order valence-corrected chi connectivity index (χ4v) is 7.37. The molecule has 8 heteroatoms. The molecule has 0 fully saturated rings. The van der Waals surface area contributed by atoms with Gasteiger partial charge in [0.2, 0.25) is 0 Å². The lowest BCUT2D eigenvalue weighted by Crippen LogP contribution is -2.33. The summed E-state index contributed by atoms with van der Waals surface area (Å²) in [6.07, 6.45) is 3.87. The molecule has 41 heavy (non-hydrogen) atoms. The normalized spacial score (nSPS) is 18.2. The van der Waals surface area contributed by atoms with Gasteiger partial charge in [-0.3, -0.25) is 14.2 Å². The van der Waals surface area contributed by atoms with Gasteiger partial charge in [-0.1, -0.05) is 90.6 Å². The Hall–Kier alpha value is -4.40. The lowest BCUT2D eigenvalue weighted by atomic mass is 10.1. The molecule has 0 N–H and O–H groups in total. The molecular formula is C33H28N4O2S2. The van der Waals surface area contributed by atoms with E-state index in [-0.39, 0.29) is 11.5 Å². The zero-order chi connectivity index (χ0) is 28.5. The van der Waals surface area contributed by atoms with Gasteiger partial charge in [0.05, 0.1) is 32.2 Å². The standard InChI is InChI=1S/C33H28N4O2S2/c1-4-36-31(38)26(40-33(36)28-22(2)34-37(32(28)39)25-18-12-7-13-19-25)20-21-27-35(3)29(23-14-8-5-9-15-23)30(41-27)24-16-10-6-11-17-24/h5-21H,4H2,1-3H3/b26-20?,27-21+,33-28?. The molecule has 1 aromatic heterocycles. The smallest absolute Gasteiger partial charge is 0.283 e. The van der Waals surface area contributed by atoms with Gasteiger partial charge in [0.25, 0.3) is 11.5 Å². The van der Waals surface area contributed by atoms with Crippen LogP contribution in [0.25, 0.3) is 22.3 Å². The third kappa shape index (κ3) is 4.90. The van der Waals surface area contributed by atoms with Crippen LogP contribution in [0.15, 0.2) is 112 Å². The molecule has 2 aliphatic rings. The van der Waals surface area contributed by atoms with Crippen molar-refractivity contribution < 1.29 is 4.79 Å². The van der Waals surface area contributed by atoms with Crippen LogP contribution in [0.4, 0.5) is 5.69 Å². The highest BCUT2D eigenvalue weighted by atomic mass is 32.2. The molecule has 0 atom stereocenters. The molecule has 6 rings (SSSR count). The topological polar surface area (TPSA) is 57.9 Å². The lowest BCUT2D eigenvalue weighted by molar-refractivity contribution is -0.112. The average Bonchev–Trinajstić information content (AvgIpc) is 3.62. The molecule has 0 aliphatic carbocycles. The second-order valence-corrected chi connectivity index (χ2v) is 11.6. The van der Waals surface area contributed by atoms with E-state index >= 15 is 0 Å². The number of hydrogen-bond donors (Lipinski definition) is 0. The van der Waals surface area contributed by atoms with Crippen molar-refractivity contribution in [3.05, 3.63) is 133 Å². The molecule has 0 bridgehead atoms. The van der Waals surface area contributed by atoms with Crippen molar-refractivity contribution >= 4 is 62.7 Å². The average molecular weight is 577 g/mol. The maximum atomic E-state index is 13.5. The van der Waals surface area contributed by atoms with Crippen LogP contribution >= 0.6 is 23.1 Å². The Balaban J connectivity index is 1.43. The third-order valence-electron chi connectivity index (χ3n) is 7.00. The molecule has 6 nitrogen and oxygen atoms in total. The van der Waals surface area contributed by atoms with E-state index in [9.17, 15) is 9.59 Å². The number of aromatic nitrogens is 1. The first-order valence-corrected chi connectivity index (χ1v) is 15.0. The number of carbonyl (C=O) groups is 1. The van der Waals surface area contributed by atoms with Gasteiger partial charge in [-0.05, 0) is 49.3 Å². The summed E-state index contributed by atoms with van der Waals surface area (Å²) >= 11 is 3.02. The van der Waals surface area contributed by atoms with E-state index in [2.05, 4.69) is 41.3 Å². The number of anilines is 1. The highest BCUT2D eigenvalue weighted by molar-refractivity contribution is 8.12. The first-order valence-electron chi connectivity index (χ1n) is 13.4. The summed E-state index contributed by atoms with van der Waals surface area (Å²) in [7, 11) is 2.06. The molecule has 1 amide bonds. The van der Waals surface area contributed by atoms with E-state index in [1.165, 1.54) is 16.3 Å². The lowest BCUT2D eigenvalue weighted by Gasteiger charge is -2.17. The third-order valence-corrected chi connectivity index (χ3v) is 9.41. The van der Waals surface area contributed by atoms with Crippen molar-refractivity contribution in [1.29, 1.82) is 0 Å². The minimum Gasteiger partial charge on any atom is -0.338 e. The van der Waals surface area contributed by atoms with Crippen LogP contribution in [0.5, 0.6) is 0 Å². The Kier molecular flexibility index (Phi) is 7.34. The summed E-state index contributed by atoms with van der Waals surface area (Å²) in [5.74, 6) is -0.225. The fraction of sp³-hybridized carbons (Fsp3) is 0.121. The number of para-hydroxylation sites is 1. The zero-order valence-corrected chi connectivity index (χ0v) is 24.6. The number of benzene rings is 3. The van der Waals surface area contributed by atoms with Gasteiger partial charge in [-0.2, -0.15) is 10.1 Å². The quantitative estimate of drug-likeness (QED) is 0.322. The monoisotopic (exact) mass is 576 g/mol. The number of nitrogens with zero attached hydrogens (tertiary/aromatic N) is 4. The predicted molar refractivity (Wildman–Crippen MR) is 172 cm³/mol. The molecule has 0 spiro atoms. The second-order valence-electron chi connectivity index (χ2n) is 9.58. The molecule has 2 aliphatic heterocycles. The Morgan fingerprint density at radius 2 is 1.44 bits per heavy atom. The van der Waals surface area contributed by atoms with Crippen LogP contribution in [0.2, 0.25) is 0 Å². The summed E-state index contributed by atoms with van der Waals surface area (Å²) in [6, 6.07) is 30.0. The summed E-state index contributed by atoms with van der Waals surface area (Å²) in [5.41, 5.74) is 5.06. The zero-order valence-electron chi connectivity index (χ0n) is 22.9. The van der Waals surface area contributed by atoms with Gasteiger partial charge in [0.1, 0.15) is 4.66 Å². The first-order chi connectivity index (χ1) is 20.0. The molecule has 3 aromatic carbocycles. The van der Waals surface area contributed by atoms with Crippen molar-refractivity contribution in [2.45, 2.75) is 20.4 Å². The number of allylic oxidation sites excluding steroid dienone is 1. The van der Waals surface area contributed by atoms with E-state index < -0.39 is 0 Å². The fourth-order valence-electron chi connectivity index (χ4n) is 4.99. The highest BCUT2D eigenvalue weighted by Crippen LogP contribution is 2.49. The largest absolute Gasteiger partial charge is 0.338 e. The Labute approximate surface area is 246 Å². The minimum atomic E-state index is -0.225. The molecule has 0 unspecified atom stereocenters. The molecular weight excluding hydrogens is 549 g/mol. The number of thiazole rings is 1. The first kappa shape index (κ1) is 26.8. The number of hydrogen-bond acceptors (Lipinski definition) is 6. The van der Waals surface area contributed by atoms with Crippen molar-refractivity contribution in [3.8, 4) is 0 Å². The molecule has 0 saturated heterocycles. The second kappa shape index (κ2) is 11.2. The number of thioether (sulfide) groups is 1. The van der Waals surface area contributed by atoms with Crippen LogP contribution in [0.1, 0.15) is 25.0 Å². The van der Waals surface area contributed by atoms with E-state index in [1.807, 2.05) is 92.7 Å². The van der Waals surface area contributed by atoms with Crippen molar-refractivity contribution in [2.24, 2.45) is 5.10 Å². The highest BCUT2D eigenvalue weighted by Gasteiger charge is 2.31. The minimum absolute atomic E-state index is 0.110. The van der Waals surface area contributed by atoms with Gasteiger partial charge in [0.15, 0.2) is 0 Å². The maximum Gasteiger partial charge on any atom is 0.283 e. The van der Waals surface area contributed by atoms with Crippen LogP contribution in [-0.4, -0.2) is 28.1 Å². The number of carbonyl (C=O) groups excluding carboxylic acids is 1.